The average Bonchev–Trinajstić information content (AvgIpc) is 2.44. The molecule has 0 aromatic heterocycles. The van der Waals surface area contributed by atoms with Crippen molar-refractivity contribution in [1.82, 2.24) is 5.32 Å². The Hall–Kier alpha value is -1.52. The highest BCUT2D eigenvalue weighted by Gasteiger charge is 2.30. The maximum absolute atomic E-state index is 12.6. The molecule has 1 N–H and O–H groups in total. The number of nitrogens with one attached hydrogen (secondary N) is 1. The summed E-state index contributed by atoms with van der Waals surface area (Å²) in [5, 5.41) is 3.83. The van der Waals surface area contributed by atoms with E-state index in [1.165, 1.54) is 6.07 Å². The van der Waals surface area contributed by atoms with Crippen LogP contribution in [0.1, 0.15) is 29.7 Å². The quantitative estimate of drug-likeness (QED) is 0.817. The Kier molecular flexibility index (Phi) is 4.91. The monoisotopic (exact) mass is 313 g/mol. The predicted molar refractivity (Wildman–Crippen MR) is 78.2 cm³/mol. The van der Waals surface area contributed by atoms with Gasteiger partial charge in [-0.2, -0.15) is 13.2 Å². The van der Waals surface area contributed by atoms with Crippen LogP contribution in [0.2, 0.25) is 5.02 Å². The molecule has 0 aliphatic heterocycles. The van der Waals surface area contributed by atoms with Crippen LogP contribution >= 0.6 is 11.6 Å². The van der Waals surface area contributed by atoms with E-state index in [2.05, 4.69) is 5.32 Å². The van der Waals surface area contributed by atoms with E-state index >= 15 is 0 Å². The van der Waals surface area contributed by atoms with Gasteiger partial charge >= 0.3 is 6.18 Å². The molecule has 0 fully saturated rings. The van der Waals surface area contributed by atoms with E-state index in [1.807, 2.05) is 25.1 Å². The van der Waals surface area contributed by atoms with Crippen LogP contribution in [0.4, 0.5) is 13.2 Å². The van der Waals surface area contributed by atoms with Crippen LogP contribution in [0.15, 0.2) is 48.5 Å². The third-order valence-electron chi connectivity index (χ3n) is 3.22. The second kappa shape index (κ2) is 6.50. The summed E-state index contributed by atoms with van der Waals surface area (Å²) in [5.74, 6) is 0. The van der Waals surface area contributed by atoms with E-state index in [4.69, 9.17) is 11.6 Å². The van der Waals surface area contributed by atoms with Crippen molar-refractivity contribution < 1.29 is 13.2 Å². The zero-order valence-electron chi connectivity index (χ0n) is 11.4. The van der Waals surface area contributed by atoms with Crippen molar-refractivity contribution in [3.05, 3.63) is 70.2 Å². The molecule has 2 aromatic rings. The summed E-state index contributed by atoms with van der Waals surface area (Å²) >= 11 is 5.92. The molecule has 0 heterocycles. The minimum Gasteiger partial charge on any atom is -0.306 e. The summed E-state index contributed by atoms with van der Waals surface area (Å²) in [4.78, 5) is 0. The van der Waals surface area contributed by atoms with Crippen molar-refractivity contribution in [2.45, 2.75) is 25.7 Å². The fourth-order valence-corrected chi connectivity index (χ4v) is 2.22. The largest absolute Gasteiger partial charge is 0.416 e. The van der Waals surface area contributed by atoms with E-state index in [1.54, 1.807) is 12.1 Å². The van der Waals surface area contributed by atoms with Gasteiger partial charge in [-0.1, -0.05) is 41.9 Å². The van der Waals surface area contributed by atoms with E-state index < -0.39 is 11.7 Å². The molecule has 0 saturated heterocycles. The zero-order valence-corrected chi connectivity index (χ0v) is 12.2. The Labute approximate surface area is 126 Å². The second-order valence-corrected chi connectivity index (χ2v) is 5.29. The molecule has 0 amide bonds. The molecular weight excluding hydrogens is 299 g/mol. The molecule has 1 atom stereocenters. The SMILES string of the molecule is C[C@@H](NCc1cccc(C(F)(F)F)c1)c1cccc(Cl)c1. The van der Waals surface area contributed by atoms with Gasteiger partial charge in [-0.05, 0) is 36.2 Å². The molecule has 1 nitrogen and oxygen atoms in total. The maximum Gasteiger partial charge on any atom is 0.416 e. The summed E-state index contributed by atoms with van der Waals surface area (Å²) in [6.07, 6.45) is -4.31. The lowest BCUT2D eigenvalue weighted by atomic mass is 10.1. The molecule has 0 saturated carbocycles. The van der Waals surface area contributed by atoms with Gasteiger partial charge in [0.05, 0.1) is 5.56 Å². The first-order valence-electron chi connectivity index (χ1n) is 6.51. The molecule has 0 unspecified atom stereocenters. The minimum atomic E-state index is -4.31. The molecule has 2 aromatic carbocycles. The van der Waals surface area contributed by atoms with Gasteiger partial charge in [-0.3, -0.25) is 0 Å². The van der Waals surface area contributed by atoms with Gasteiger partial charge in [-0.25, -0.2) is 0 Å². The van der Waals surface area contributed by atoms with E-state index in [0.29, 0.717) is 17.1 Å². The van der Waals surface area contributed by atoms with Crippen molar-refractivity contribution >= 4 is 11.6 Å². The number of rotatable bonds is 4. The molecule has 0 bridgehead atoms. The van der Waals surface area contributed by atoms with Crippen LogP contribution in [-0.2, 0) is 12.7 Å². The van der Waals surface area contributed by atoms with Gasteiger partial charge in [0.25, 0.3) is 0 Å². The van der Waals surface area contributed by atoms with E-state index in [0.717, 1.165) is 17.7 Å². The first-order valence-corrected chi connectivity index (χ1v) is 6.89. The Morgan fingerprint density at radius 2 is 1.81 bits per heavy atom. The minimum absolute atomic E-state index is 0.00163. The molecular formula is C16H15ClF3N. The highest BCUT2D eigenvalue weighted by atomic mass is 35.5. The van der Waals surface area contributed by atoms with Crippen LogP contribution in [-0.4, -0.2) is 0 Å². The Bertz CT molecular complexity index is 610. The Morgan fingerprint density at radius 1 is 1.10 bits per heavy atom. The highest BCUT2D eigenvalue weighted by Crippen LogP contribution is 2.29. The molecule has 0 radical (unpaired) electrons. The fourth-order valence-electron chi connectivity index (χ4n) is 2.02. The molecule has 2 rings (SSSR count). The number of hydrogen-bond donors (Lipinski definition) is 1. The molecule has 0 aliphatic carbocycles. The van der Waals surface area contributed by atoms with Gasteiger partial charge in [0, 0.05) is 17.6 Å². The third-order valence-corrected chi connectivity index (χ3v) is 3.45. The van der Waals surface area contributed by atoms with Crippen LogP contribution in [0, 0.1) is 0 Å². The Morgan fingerprint density at radius 3 is 2.48 bits per heavy atom. The lowest BCUT2D eigenvalue weighted by Gasteiger charge is -2.15. The summed E-state index contributed by atoms with van der Waals surface area (Å²) in [6, 6.07) is 12.7. The second-order valence-electron chi connectivity index (χ2n) is 4.86. The smallest absolute Gasteiger partial charge is 0.306 e. The first kappa shape index (κ1) is 15.9. The lowest BCUT2D eigenvalue weighted by molar-refractivity contribution is -0.137. The summed E-state index contributed by atoms with van der Waals surface area (Å²) in [5.41, 5.74) is 0.963. The predicted octanol–water partition coefficient (Wildman–Crippen LogP) is 5.21. The van der Waals surface area contributed by atoms with Crippen molar-refractivity contribution in [2.75, 3.05) is 0 Å². The molecule has 112 valence electrons. The number of halogens is 4. The standard InChI is InChI=1S/C16H15ClF3N/c1-11(13-5-3-7-15(17)9-13)21-10-12-4-2-6-14(8-12)16(18,19)20/h2-9,11,21H,10H2,1H3/t11-/m1/s1. The zero-order chi connectivity index (χ0) is 15.5. The number of benzene rings is 2. The lowest BCUT2D eigenvalue weighted by Crippen LogP contribution is -2.18. The van der Waals surface area contributed by atoms with E-state index in [9.17, 15) is 13.2 Å². The summed E-state index contributed by atoms with van der Waals surface area (Å²) in [7, 11) is 0. The molecule has 5 heteroatoms. The van der Waals surface area contributed by atoms with Crippen LogP contribution in [0.5, 0.6) is 0 Å². The van der Waals surface area contributed by atoms with Crippen molar-refractivity contribution in [1.29, 1.82) is 0 Å². The van der Waals surface area contributed by atoms with Gasteiger partial charge in [0.1, 0.15) is 0 Å². The molecule has 21 heavy (non-hydrogen) atoms. The van der Waals surface area contributed by atoms with Crippen molar-refractivity contribution in [3.8, 4) is 0 Å². The number of hydrogen-bond acceptors (Lipinski definition) is 1. The van der Waals surface area contributed by atoms with Gasteiger partial charge in [0.15, 0.2) is 0 Å². The average molecular weight is 314 g/mol. The van der Waals surface area contributed by atoms with Crippen molar-refractivity contribution in [2.24, 2.45) is 0 Å². The fraction of sp³-hybridized carbons (Fsp3) is 0.250. The van der Waals surface area contributed by atoms with Crippen LogP contribution < -0.4 is 5.32 Å². The Balaban J connectivity index is 2.03. The normalized spacial score (nSPS) is 13.2. The topological polar surface area (TPSA) is 12.0 Å². The van der Waals surface area contributed by atoms with Gasteiger partial charge in [0.2, 0.25) is 0 Å². The van der Waals surface area contributed by atoms with E-state index in [-0.39, 0.29) is 6.04 Å². The maximum atomic E-state index is 12.6. The highest BCUT2D eigenvalue weighted by molar-refractivity contribution is 6.30. The summed E-state index contributed by atoms with van der Waals surface area (Å²) in [6.45, 7) is 2.30. The molecule has 0 aliphatic rings. The first-order chi connectivity index (χ1) is 9.86. The van der Waals surface area contributed by atoms with Crippen LogP contribution in [0.3, 0.4) is 0 Å². The van der Waals surface area contributed by atoms with Crippen LogP contribution in [0.25, 0.3) is 0 Å². The number of alkyl halides is 3. The van der Waals surface area contributed by atoms with Crippen molar-refractivity contribution in [3.63, 3.8) is 0 Å². The molecule has 0 spiro atoms. The van der Waals surface area contributed by atoms with Gasteiger partial charge in [-0.15, -0.1) is 0 Å². The summed E-state index contributed by atoms with van der Waals surface area (Å²) < 4.78 is 37.9. The van der Waals surface area contributed by atoms with Gasteiger partial charge < -0.3 is 5.32 Å². The third kappa shape index (κ3) is 4.48.